The fourth-order valence-corrected chi connectivity index (χ4v) is 2.92. The molecule has 27 heavy (non-hydrogen) atoms. The second-order valence-corrected chi connectivity index (χ2v) is 6.41. The Morgan fingerprint density at radius 2 is 1.96 bits per heavy atom. The first-order valence-corrected chi connectivity index (χ1v) is 9.18. The molecule has 150 valence electrons. The molecular weight excluding hydrogens is 453 g/mol. The van der Waals surface area contributed by atoms with Crippen molar-refractivity contribution in [2.75, 3.05) is 27.2 Å². The summed E-state index contributed by atoms with van der Waals surface area (Å²) in [5, 5.41) is 7.92. The Labute approximate surface area is 180 Å². The van der Waals surface area contributed by atoms with Crippen molar-refractivity contribution < 1.29 is 4.74 Å². The number of halogens is 1. The van der Waals surface area contributed by atoms with Crippen LogP contribution in [0.4, 0.5) is 0 Å². The molecule has 0 radical (unpaired) electrons. The molecule has 0 saturated carbocycles. The highest BCUT2D eigenvalue weighted by Gasteiger charge is 2.07. The van der Waals surface area contributed by atoms with E-state index in [-0.39, 0.29) is 24.0 Å². The third-order valence-corrected chi connectivity index (χ3v) is 4.16. The lowest BCUT2D eigenvalue weighted by Gasteiger charge is -2.22. The maximum atomic E-state index is 5.49. The van der Waals surface area contributed by atoms with Crippen LogP contribution in [0.5, 0.6) is 5.75 Å². The monoisotopic (exact) mass is 485 g/mol. The highest BCUT2D eigenvalue weighted by molar-refractivity contribution is 14.0. The van der Waals surface area contributed by atoms with Crippen LogP contribution >= 0.6 is 24.0 Å². The Bertz CT molecular complexity index is 712. The van der Waals surface area contributed by atoms with Gasteiger partial charge in [-0.15, -0.1) is 24.0 Å². The van der Waals surface area contributed by atoms with Crippen LogP contribution in [0.2, 0.25) is 0 Å². The molecule has 0 bridgehead atoms. The largest absolute Gasteiger partial charge is 0.494 e. The first kappa shape index (κ1) is 23.3. The minimum absolute atomic E-state index is 0. The summed E-state index contributed by atoms with van der Waals surface area (Å²) in [5.74, 6) is 1.80. The number of aliphatic imine (C=N–C) groups is 1. The maximum Gasteiger partial charge on any atom is 0.193 e. The smallest absolute Gasteiger partial charge is 0.193 e. The maximum absolute atomic E-state index is 5.49. The van der Waals surface area contributed by atoms with E-state index in [1.807, 2.05) is 40.1 Å². The molecule has 0 aliphatic heterocycles. The summed E-state index contributed by atoms with van der Waals surface area (Å²) in [6, 6.07) is 10.3. The van der Waals surface area contributed by atoms with Gasteiger partial charge in [0.05, 0.1) is 12.3 Å². The number of guanidine groups is 1. The molecule has 0 aliphatic carbocycles. The van der Waals surface area contributed by atoms with Gasteiger partial charge in [-0.25, -0.2) is 0 Å². The number of nitrogens with one attached hydrogen (secondary N) is 1. The Morgan fingerprint density at radius 3 is 2.52 bits per heavy atom. The Hall–Kier alpha value is -1.77. The van der Waals surface area contributed by atoms with Crippen molar-refractivity contribution in [2.24, 2.45) is 4.99 Å². The molecule has 1 heterocycles. The van der Waals surface area contributed by atoms with Gasteiger partial charge >= 0.3 is 0 Å². The third-order valence-electron chi connectivity index (χ3n) is 4.16. The molecule has 7 heteroatoms. The molecule has 2 rings (SSSR count). The van der Waals surface area contributed by atoms with Crippen molar-refractivity contribution in [3.63, 3.8) is 0 Å². The number of benzene rings is 1. The van der Waals surface area contributed by atoms with Gasteiger partial charge in [0.15, 0.2) is 5.96 Å². The number of nitrogens with zero attached hydrogens (tertiary/aromatic N) is 4. The molecule has 1 N–H and O–H groups in total. The van der Waals surface area contributed by atoms with Crippen LogP contribution in [-0.4, -0.2) is 47.9 Å². The van der Waals surface area contributed by atoms with Gasteiger partial charge in [0.1, 0.15) is 5.75 Å². The van der Waals surface area contributed by atoms with Gasteiger partial charge in [-0.3, -0.25) is 9.67 Å². The first-order valence-electron chi connectivity index (χ1n) is 9.18. The SMILES string of the molecule is CCOc1ccc(CN(C)C(=NC)NCCCn2nc(C)cc2C)cc1.I. The number of ether oxygens (including phenoxy) is 1. The highest BCUT2D eigenvalue weighted by atomic mass is 127. The summed E-state index contributed by atoms with van der Waals surface area (Å²) in [5.41, 5.74) is 3.50. The highest BCUT2D eigenvalue weighted by Crippen LogP contribution is 2.13. The number of aryl methyl sites for hydroxylation is 3. The van der Waals surface area contributed by atoms with Gasteiger partial charge < -0.3 is 15.0 Å². The van der Waals surface area contributed by atoms with Crippen molar-refractivity contribution in [2.45, 2.75) is 40.3 Å². The topological polar surface area (TPSA) is 54.7 Å². The van der Waals surface area contributed by atoms with E-state index in [0.29, 0.717) is 6.61 Å². The summed E-state index contributed by atoms with van der Waals surface area (Å²) in [4.78, 5) is 6.51. The number of rotatable bonds is 8. The second-order valence-electron chi connectivity index (χ2n) is 6.41. The van der Waals surface area contributed by atoms with Crippen LogP contribution in [0.3, 0.4) is 0 Å². The van der Waals surface area contributed by atoms with E-state index < -0.39 is 0 Å². The second kappa shape index (κ2) is 11.8. The lowest BCUT2D eigenvalue weighted by molar-refractivity contribution is 0.340. The van der Waals surface area contributed by atoms with Crippen LogP contribution in [0.1, 0.15) is 30.3 Å². The van der Waals surface area contributed by atoms with Crippen LogP contribution < -0.4 is 10.1 Å². The molecular formula is C20H32IN5O. The van der Waals surface area contributed by atoms with Crippen LogP contribution in [-0.2, 0) is 13.1 Å². The molecule has 1 aromatic carbocycles. The van der Waals surface area contributed by atoms with Gasteiger partial charge in [-0.1, -0.05) is 12.1 Å². The average molecular weight is 485 g/mol. The van der Waals surface area contributed by atoms with Gasteiger partial charge in [-0.05, 0) is 51.0 Å². The third kappa shape index (κ3) is 7.40. The van der Waals surface area contributed by atoms with E-state index in [9.17, 15) is 0 Å². The van der Waals surface area contributed by atoms with Crippen molar-refractivity contribution >= 4 is 29.9 Å². The summed E-state index contributed by atoms with van der Waals surface area (Å²) < 4.78 is 7.55. The standard InChI is InChI=1S/C20H31N5O.HI/c1-6-26-19-10-8-18(9-11-19)15-24(5)20(21-4)22-12-7-13-25-17(3)14-16(2)23-25;/h8-11,14H,6-7,12-13,15H2,1-5H3,(H,21,22);1H. The summed E-state index contributed by atoms with van der Waals surface area (Å²) in [6.07, 6.45) is 0.998. The Kier molecular flexibility index (Phi) is 10.2. The Balaban J connectivity index is 0.00000364. The van der Waals surface area contributed by atoms with Gasteiger partial charge in [0.2, 0.25) is 0 Å². The van der Waals surface area contributed by atoms with E-state index in [1.165, 1.54) is 11.3 Å². The molecule has 0 saturated heterocycles. The van der Waals surface area contributed by atoms with Crippen molar-refractivity contribution in [3.8, 4) is 5.75 Å². The average Bonchev–Trinajstić information content (AvgIpc) is 2.94. The van der Waals surface area contributed by atoms with Crippen molar-refractivity contribution in [1.29, 1.82) is 0 Å². The summed E-state index contributed by atoms with van der Waals surface area (Å²) in [7, 11) is 3.87. The fraction of sp³-hybridized carbons (Fsp3) is 0.500. The van der Waals surface area contributed by atoms with Crippen molar-refractivity contribution in [3.05, 3.63) is 47.3 Å². The van der Waals surface area contributed by atoms with Gasteiger partial charge in [0.25, 0.3) is 0 Å². The lowest BCUT2D eigenvalue weighted by atomic mass is 10.2. The molecule has 0 fully saturated rings. The Morgan fingerprint density at radius 1 is 1.26 bits per heavy atom. The van der Waals surface area contributed by atoms with Crippen LogP contribution in [0.25, 0.3) is 0 Å². The molecule has 0 unspecified atom stereocenters. The van der Waals surface area contributed by atoms with E-state index in [4.69, 9.17) is 4.74 Å². The zero-order valence-electron chi connectivity index (χ0n) is 17.0. The normalized spacial score (nSPS) is 11.1. The predicted octanol–water partition coefficient (Wildman–Crippen LogP) is 3.61. The minimum atomic E-state index is 0. The number of hydrogen-bond donors (Lipinski definition) is 1. The van der Waals surface area contributed by atoms with E-state index >= 15 is 0 Å². The molecule has 0 amide bonds. The zero-order chi connectivity index (χ0) is 18.9. The molecule has 1 aromatic heterocycles. The molecule has 6 nitrogen and oxygen atoms in total. The van der Waals surface area contributed by atoms with Crippen molar-refractivity contribution in [1.82, 2.24) is 20.0 Å². The zero-order valence-corrected chi connectivity index (χ0v) is 19.4. The predicted molar refractivity (Wildman–Crippen MR) is 122 cm³/mol. The van der Waals surface area contributed by atoms with Gasteiger partial charge in [0, 0.05) is 39.4 Å². The van der Waals surface area contributed by atoms with E-state index in [2.05, 4.69) is 50.1 Å². The minimum Gasteiger partial charge on any atom is -0.494 e. The molecule has 0 spiro atoms. The first-order chi connectivity index (χ1) is 12.5. The lowest BCUT2D eigenvalue weighted by Crippen LogP contribution is -2.39. The summed E-state index contributed by atoms with van der Waals surface area (Å²) >= 11 is 0. The fourth-order valence-electron chi connectivity index (χ4n) is 2.92. The van der Waals surface area contributed by atoms with E-state index in [0.717, 1.165) is 43.5 Å². The number of aromatic nitrogens is 2. The van der Waals surface area contributed by atoms with Gasteiger partial charge in [-0.2, -0.15) is 5.10 Å². The van der Waals surface area contributed by atoms with E-state index in [1.54, 1.807) is 0 Å². The van der Waals surface area contributed by atoms with Crippen LogP contribution in [0, 0.1) is 13.8 Å². The number of hydrogen-bond acceptors (Lipinski definition) is 3. The molecule has 2 aromatic rings. The molecule has 0 aliphatic rings. The quantitative estimate of drug-likeness (QED) is 0.269. The van der Waals surface area contributed by atoms with Crippen LogP contribution in [0.15, 0.2) is 35.3 Å². The molecule has 0 atom stereocenters. The summed E-state index contributed by atoms with van der Waals surface area (Å²) in [6.45, 7) is 9.37.